The number of esters is 2. The van der Waals surface area contributed by atoms with Crippen molar-refractivity contribution in [2.75, 3.05) is 4.90 Å². The molecule has 4 aromatic rings. The number of ether oxygens (including phenoxy) is 2. The number of carbonyl (C=O) groups is 2. The lowest BCUT2D eigenvalue weighted by atomic mass is 10.1. The Hall–Kier alpha value is -4.64. The lowest BCUT2D eigenvalue weighted by molar-refractivity contribution is -0.132. The van der Waals surface area contributed by atoms with E-state index in [0.717, 1.165) is 28.2 Å². The predicted octanol–water partition coefficient (Wildman–Crippen LogP) is 7.79. The zero-order valence-electron chi connectivity index (χ0n) is 21.4. The van der Waals surface area contributed by atoms with Gasteiger partial charge in [0.05, 0.1) is 0 Å². The molecule has 4 aromatic carbocycles. The van der Waals surface area contributed by atoms with Gasteiger partial charge in [-0.25, -0.2) is 0 Å². The maximum atomic E-state index is 11.4. The van der Waals surface area contributed by atoms with Crippen molar-refractivity contribution in [3.05, 3.63) is 113 Å². The highest BCUT2D eigenvalue weighted by Crippen LogP contribution is 2.35. The van der Waals surface area contributed by atoms with Crippen LogP contribution in [0.5, 0.6) is 11.5 Å². The number of aryl methyl sites for hydroxylation is 2. The Morgan fingerprint density at radius 2 is 0.946 bits per heavy atom. The fraction of sp³-hybridized carbons (Fsp3) is 0.125. The molecule has 5 nitrogen and oxygen atoms in total. The van der Waals surface area contributed by atoms with Crippen LogP contribution in [0.25, 0.3) is 12.2 Å². The van der Waals surface area contributed by atoms with Crippen molar-refractivity contribution in [3.8, 4) is 11.5 Å². The molecule has 0 spiro atoms. The predicted molar refractivity (Wildman–Crippen MR) is 149 cm³/mol. The van der Waals surface area contributed by atoms with Crippen LogP contribution in [0.4, 0.5) is 17.1 Å². The summed E-state index contributed by atoms with van der Waals surface area (Å²) < 4.78 is 10.4. The van der Waals surface area contributed by atoms with Gasteiger partial charge in [0, 0.05) is 37.0 Å². The standard InChI is InChI=1S/C32H29NO4/c1-22-5-13-28(14-6-22)33(29-15-7-23(2)8-16-29)30-17-11-26(12-18-30)9-10-27-19-31(36-24(3)34)21-32(20-27)37-25(4)35/h5-21H,1-4H3/b10-9+. The molecule has 0 radical (unpaired) electrons. The van der Waals surface area contributed by atoms with Gasteiger partial charge in [-0.3, -0.25) is 9.59 Å². The Bertz CT molecular complexity index is 1340. The number of nitrogens with zero attached hydrogens (tertiary/aromatic N) is 1. The summed E-state index contributed by atoms with van der Waals surface area (Å²) in [6.45, 7) is 6.81. The Morgan fingerprint density at radius 3 is 1.35 bits per heavy atom. The van der Waals surface area contributed by atoms with Gasteiger partial charge in [0.15, 0.2) is 0 Å². The van der Waals surface area contributed by atoms with Gasteiger partial charge in [-0.15, -0.1) is 0 Å². The van der Waals surface area contributed by atoms with E-state index in [0.29, 0.717) is 11.5 Å². The molecule has 0 fully saturated rings. The highest BCUT2D eigenvalue weighted by atomic mass is 16.5. The maximum Gasteiger partial charge on any atom is 0.308 e. The van der Waals surface area contributed by atoms with E-state index in [4.69, 9.17) is 9.47 Å². The number of hydrogen-bond acceptors (Lipinski definition) is 5. The van der Waals surface area contributed by atoms with Crippen molar-refractivity contribution in [2.24, 2.45) is 0 Å². The zero-order valence-corrected chi connectivity index (χ0v) is 21.4. The second kappa shape index (κ2) is 11.4. The van der Waals surface area contributed by atoms with Crippen molar-refractivity contribution in [1.82, 2.24) is 0 Å². The van der Waals surface area contributed by atoms with Gasteiger partial charge in [0.1, 0.15) is 11.5 Å². The molecular weight excluding hydrogens is 462 g/mol. The number of benzene rings is 4. The van der Waals surface area contributed by atoms with Gasteiger partial charge in [0.2, 0.25) is 0 Å². The van der Waals surface area contributed by atoms with E-state index in [2.05, 4.69) is 79.4 Å². The van der Waals surface area contributed by atoms with Crippen molar-refractivity contribution in [2.45, 2.75) is 27.7 Å². The van der Waals surface area contributed by atoms with E-state index in [1.807, 2.05) is 24.3 Å². The SMILES string of the molecule is CC(=O)Oc1cc(/C=C/c2ccc(N(c3ccc(C)cc3)c3ccc(C)cc3)cc2)cc(OC(C)=O)c1. The largest absolute Gasteiger partial charge is 0.427 e. The normalized spacial score (nSPS) is 10.8. The summed E-state index contributed by atoms with van der Waals surface area (Å²) in [6, 6.07) is 30.2. The van der Waals surface area contributed by atoms with Gasteiger partial charge >= 0.3 is 11.9 Å². The molecule has 0 heterocycles. The molecule has 0 aliphatic rings. The highest BCUT2D eigenvalue weighted by Gasteiger charge is 2.12. The van der Waals surface area contributed by atoms with Crippen LogP contribution in [-0.2, 0) is 9.59 Å². The summed E-state index contributed by atoms with van der Waals surface area (Å²) in [7, 11) is 0. The van der Waals surface area contributed by atoms with E-state index >= 15 is 0 Å². The number of hydrogen-bond donors (Lipinski definition) is 0. The molecule has 0 atom stereocenters. The van der Waals surface area contributed by atoms with Crippen LogP contribution in [0.2, 0.25) is 0 Å². The molecule has 37 heavy (non-hydrogen) atoms. The molecule has 0 saturated heterocycles. The first-order valence-corrected chi connectivity index (χ1v) is 12.0. The minimum absolute atomic E-state index is 0.313. The summed E-state index contributed by atoms with van der Waals surface area (Å²) in [4.78, 5) is 25.0. The third kappa shape index (κ3) is 6.95. The molecule has 5 heteroatoms. The average Bonchev–Trinajstić information content (AvgIpc) is 2.85. The van der Waals surface area contributed by atoms with Crippen molar-refractivity contribution in [3.63, 3.8) is 0 Å². The second-order valence-corrected chi connectivity index (χ2v) is 8.86. The smallest absolute Gasteiger partial charge is 0.308 e. The van der Waals surface area contributed by atoms with Crippen LogP contribution in [0.3, 0.4) is 0 Å². The lowest BCUT2D eigenvalue weighted by Crippen LogP contribution is -2.09. The van der Waals surface area contributed by atoms with Crippen LogP contribution < -0.4 is 14.4 Å². The lowest BCUT2D eigenvalue weighted by Gasteiger charge is -2.25. The van der Waals surface area contributed by atoms with Crippen molar-refractivity contribution in [1.29, 1.82) is 0 Å². The minimum atomic E-state index is -0.447. The van der Waals surface area contributed by atoms with Gasteiger partial charge in [-0.2, -0.15) is 0 Å². The fourth-order valence-electron chi connectivity index (χ4n) is 3.90. The summed E-state index contributed by atoms with van der Waals surface area (Å²) >= 11 is 0. The molecular formula is C32H29NO4. The number of rotatable bonds is 7. The van der Waals surface area contributed by atoms with Crippen LogP contribution in [0.15, 0.2) is 91.0 Å². The minimum Gasteiger partial charge on any atom is -0.427 e. The maximum absolute atomic E-state index is 11.4. The zero-order chi connectivity index (χ0) is 26.4. The second-order valence-electron chi connectivity index (χ2n) is 8.86. The third-order valence-electron chi connectivity index (χ3n) is 5.63. The molecule has 0 bridgehead atoms. The molecule has 0 unspecified atom stereocenters. The van der Waals surface area contributed by atoms with E-state index in [1.54, 1.807) is 12.1 Å². The van der Waals surface area contributed by atoms with Gasteiger partial charge < -0.3 is 14.4 Å². The van der Waals surface area contributed by atoms with E-state index in [-0.39, 0.29) is 0 Å². The third-order valence-corrected chi connectivity index (χ3v) is 5.63. The molecule has 0 saturated carbocycles. The van der Waals surface area contributed by atoms with Crippen molar-refractivity contribution < 1.29 is 19.1 Å². The Kier molecular flexibility index (Phi) is 7.84. The molecule has 4 rings (SSSR count). The topological polar surface area (TPSA) is 55.8 Å². The number of anilines is 3. The van der Waals surface area contributed by atoms with Gasteiger partial charge in [-0.05, 0) is 73.5 Å². The Morgan fingerprint density at radius 1 is 0.568 bits per heavy atom. The monoisotopic (exact) mass is 491 g/mol. The van der Waals surface area contributed by atoms with E-state index in [9.17, 15) is 9.59 Å². The van der Waals surface area contributed by atoms with Crippen molar-refractivity contribution >= 4 is 41.2 Å². The quantitative estimate of drug-likeness (QED) is 0.150. The molecule has 0 aliphatic carbocycles. The molecule has 0 aliphatic heterocycles. The fourth-order valence-corrected chi connectivity index (χ4v) is 3.90. The summed E-state index contributed by atoms with van der Waals surface area (Å²) in [5.74, 6) is -0.268. The molecule has 0 aromatic heterocycles. The summed E-state index contributed by atoms with van der Waals surface area (Å²) in [5, 5.41) is 0. The number of carbonyl (C=O) groups excluding carboxylic acids is 2. The first-order chi connectivity index (χ1) is 17.8. The van der Waals surface area contributed by atoms with Crippen LogP contribution in [0, 0.1) is 13.8 Å². The first kappa shape index (κ1) is 25.5. The van der Waals surface area contributed by atoms with E-state index < -0.39 is 11.9 Å². The molecule has 0 amide bonds. The average molecular weight is 492 g/mol. The Labute approximate surface area is 217 Å². The summed E-state index contributed by atoms with van der Waals surface area (Å²) in [5.41, 5.74) is 7.35. The Balaban J connectivity index is 1.62. The van der Waals surface area contributed by atoms with Crippen LogP contribution >= 0.6 is 0 Å². The summed E-state index contributed by atoms with van der Waals surface area (Å²) in [6.07, 6.45) is 3.84. The van der Waals surface area contributed by atoms with Crippen LogP contribution in [0.1, 0.15) is 36.1 Å². The van der Waals surface area contributed by atoms with Crippen LogP contribution in [-0.4, -0.2) is 11.9 Å². The first-order valence-electron chi connectivity index (χ1n) is 12.0. The van der Waals surface area contributed by atoms with Gasteiger partial charge in [0.25, 0.3) is 0 Å². The van der Waals surface area contributed by atoms with Gasteiger partial charge in [-0.1, -0.05) is 59.7 Å². The van der Waals surface area contributed by atoms with E-state index in [1.165, 1.54) is 31.0 Å². The highest BCUT2D eigenvalue weighted by molar-refractivity contribution is 5.79. The molecule has 186 valence electrons. The molecule has 0 N–H and O–H groups in total.